The van der Waals surface area contributed by atoms with Gasteiger partial charge in [0.2, 0.25) is 0 Å². The third kappa shape index (κ3) is 3.41. The van der Waals surface area contributed by atoms with Gasteiger partial charge in [-0.05, 0) is 19.1 Å². The standard InChI is InChI=1S/C15H17NO5/c1-3-20-12-6-4-5-10-9-11(15(18)21-13(10)12)14(17)16-7-8-19-2/h4-6,9H,3,7-8H2,1-2H3,(H,16,17). The second kappa shape index (κ2) is 6.90. The molecule has 0 radical (unpaired) electrons. The van der Waals surface area contributed by atoms with Crippen molar-refractivity contribution in [1.82, 2.24) is 5.32 Å². The summed E-state index contributed by atoms with van der Waals surface area (Å²) in [6.45, 7) is 3.00. The quantitative estimate of drug-likeness (QED) is 0.645. The fourth-order valence-electron chi connectivity index (χ4n) is 1.91. The Hall–Kier alpha value is -2.34. The zero-order chi connectivity index (χ0) is 15.2. The van der Waals surface area contributed by atoms with Gasteiger partial charge in [-0.15, -0.1) is 0 Å². The molecule has 2 aromatic rings. The number of benzene rings is 1. The molecular weight excluding hydrogens is 274 g/mol. The molecule has 1 amide bonds. The van der Waals surface area contributed by atoms with E-state index >= 15 is 0 Å². The molecule has 0 unspecified atom stereocenters. The summed E-state index contributed by atoms with van der Waals surface area (Å²) >= 11 is 0. The van der Waals surface area contributed by atoms with Gasteiger partial charge in [-0.25, -0.2) is 4.79 Å². The first-order valence-electron chi connectivity index (χ1n) is 6.64. The number of para-hydroxylation sites is 1. The minimum absolute atomic E-state index is 0.0350. The third-order valence-electron chi connectivity index (χ3n) is 2.86. The van der Waals surface area contributed by atoms with E-state index in [2.05, 4.69) is 5.32 Å². The van der Waals surface area contributed by atoms with Crippen molar-refractivity contribution in [2.24, 2.45) is 0 Å². The largest absolute Gasteiger partial charge is 0.490 e. The van der Waals surface area contributed by atoms with Crippen LogP contribution < -0.4 is 15.7 Å². The van der Waals surface area contributed by atoms with Gasteiger partial charge in [0.1, 0.15) is 5.56 Å². The Morgan fingerprint density at radius 1 is 1.38 bits per heavy atom. The van der Waals surface area contributed by atoms with Crippen molar-refractivity contribution in [3.05, 3.63) is 40.2 Å². The van der Waals surface area contributed by atoms with Crippen molar-refractivity contribution in [2.75, 3.05) is 26.9 Å². The summed E-state index contributed by atoms with van der Waals surface area (Å²) in [5.41, 5.74) is -0.380. The predicted molar refractivity (Wildman–Crippen MR) is 77.9 cm³/mol. The Bertz CT molecular complexity index is 692. The lowest BCUT2D eigenvalue weighted by Gasteiger charge is -2.07. The number of hydrogen-bond donors (Lipinski definition) is 1. The molecule has 6 heteroatoms. The minimum Gasteiger partial charge on any atom is -0.490 e. The van der Waals surface area contributed by atoms with E-state index < -0.39 is 11.5 Å². The number of carbonyl (C=O) groups is 1. The molecule has 1 N–H and O–H groups in total. The SMILES string of the molecule is CCOc1cccc2cc(C(=O)NCCOC)c(=O)oc12. The lowest BCUT2D eigenvalue weighted by atomic mass is 10.1. The maximum atomic E-state index is 11.9. The van der Waals surface area contributed by atoms with Crippen molar-refractivity contribution in [2.45, 2.75) is 6.92 Å². The van der Waals surface area contributed by atoms with Crippen LogP contribution in [-0.2, 0) is 4.74 Å². The number of amides is 1. The average Bonchev–Trinajstić information content (AvgIpc) is 2.48. The Morgan fingerprint density at radius 2 is 2.19 bits per heavy atom. The van der Waals surface area contributed by atoms with Crippen LogP contribution in [0.15, 0.2) is 33.5 Å². The van der Waals surface area contributed by atoms with Gasteiger partial charge in [0.25, 0.3) is 5.91 Å². The molecule has 21 heavy (non-hydrogen) atoms. The molecule has 1 aromatic carbocycles. The molecular formula is C15H17NO5. The summed E-state index contributed by atoms with van der Waals surface area (Å²) in [6.07, 6.45) is 0. The topological polar surface area (TPSA) is 77.8 Å². The lowest BCUT2D eigenvalue weighted by molar-refractivity contribution is 0.0933. The second-order valence-electron chi connectivity index (χ2n) is 4.30. The zero-order valence-corrected chi connectivity index (χ0v) is 12.0. The normalized spacial score (nSPS) is 10.6. The smallest absolute Gasteiger partial charge is 0.349 e. The third-order valence-corrected chi connectivity index (χ3v) is 2.86. The Labute approximate surface area is 121 Å². The Kier molecular flexibility index (Phi) is 4.94. The summed E-state index contributed by atoms with van der Waals surface area (Å²) < 4.78 is 15.5. The maximum absolute atomic E-state index is 11.9. The summed E-state index contributed by atoms with van der Waals surface area (Å²) in [5.74, 6) is 0.00274. The van der Waals surface area contributed by atoms with Crippen molar-refractivity contribution in [3.8, 4) is 5.75 Å². The molecule has 0 saturated carbocycles. The number of nitrogens with one attached hydrogen (secondary N) is 1. The monoisotopic (exact) mass is 291 g/mol. The molecule has 112 valence electrons. The van der Waals surface area contributed by atoms with Gasteiger partial charge in [0, 0.05) is 19.0 Å². The van der Waals surface area contributed by atoms with Crippen molar-refractivity contribution in [1.29, 1.82) is 0 Å². The van der Waals surface area contributed by atoms with E-state index in [0.29, 0.717) is 36.5 Å². The predicted octanol–water partition coefficient (Wildman–Crippen LogP) is 1.57. The van der Waals surface area contributed by atoms with E-state index in [-0.39, 0.29) is 5.56 Å². The van der Waals surface area contributed by atoms with Gasteiger partial charge in [0.15, 0.2) is 11.3 Å². The van der Waals surface area contributed by atoms with E-state index in [9.17, 15) is 9.59 Å². The Morgan fingerprint density at radius 3 is 2.90 bits per heavy atom. The van der Waals surface area contributed by atoms with Crippen LogP contribution in [0.5, 0.6) is 5.75 Å². The van der Waals surface area contributed by atoms with Crippen molar-refractivity contribution >= 4 is 16.9 Å². The number of methoxy groups -OCH3 is 1. The first kappa shape index (κ1) is 15.1. The molecule has 1 heterocycles. The number of rotatable bonds is 6. The molecule has 1 aromatic heterocycles. The lowest BCUT2D eigenvalue weighted by Crippen LogP contribution is -2.30. The summed E-state index contributed by atoms with van der Waals surface area (Å²) in [4.78, 5) is 23.9. The van der Waals surface area contributed by atoms with Crippen LogP contribution in [0.2, 0.25) is 0 Å². The average molecular weight is 291 g/mol. The van der Waals surface area contributed by atoms with Gasteiger partial charge >= 0.3 is 5.63 Å². The molecule has 0 spiro atoms. The second-order valence-corrected chi connectivity index (χ2v) is 4.30. The number of fused-ring (bicyclic) bond motifs is 1. The van der Waals surface area contributed by atoms with Crippen LogP contribution >= 0.6 is 0 Å². The number of carbonyl (C=O) groups excluding carboxylic acids is 1. The fraction of sp³-hybridized carbons (Fsp3) is 0.333. The van der Waals surface area contributed by atoms with Crippen LogP contribution in [0, 0.1) is 0 Å². The fourth-order valence-corrected chi connectivity index (χ4v) is 1.91. The van der Waals surface area contributed by atoms with Gasteiger partial charge in [-0.1, -0.05) is 12.1 Å². The molecule has 0 aliphatic rings. The van der Waals surface area contributed by atoms with Gasteiger partial charge in [-0.2, -0.15) is 0 Å². The maximum Gasteiger partial charge on any atom is 0.349 e. The molecule has 0 saturated heterocycles. The highest BCUT2D eigenvalue weighted by molar-refractivity contribution is 5.97. The van der Waals surface area contributed by atoms with E-state index in [1.54, 1.807) is 18.2 Å². The molecule has 6 nitrogen and oxygen atoms in total. The molecule has 0 aliphatic carbocycles. The van der Waals surface area contributed by atoms with E-state index in [1.165, 1.54) is 13.2 Å². The van der Waals surface area contributed by atoms with Crippen LogP contribution in [0.3, 0.4) is 0 Å². The van der Waals surface area contributed by atoms with Gasteiger partial charge in [0.05, 0.1) is 13.2 Å². The van der Waals surface area contributed by atoms with Gasteiger partial charge < -0.3 is 19.2 Å². The minimum atomic E-state index is -0.690. The Balaban J connectivity index is 2.37. The van der Waals surface area contributed by atoms with Crippen LogP contribution in [0.25, 0.3) is 11.0 Å². The zero-order valence-electron chi connectivity index (χ0n) is 12.0. The van der Waals surface area contributed by atoms with E-state index in [1.807, 2.05) is 6.92 Å². The van der Waals surface area contributed by atoms with Crippen LogP contribution in [0.1, 0.15) is 17.3 Å². The number of hydrogen-bond acceptors (Lipinski definition) is 5. The summed E-state index contributed by atoms with van der Waals surface area (Å²) in [6, 6.07) is 6.76. The number of ether oxygens (including phenoxy) is 2. The highest BCUT2D eigenvalue weighted by Crippen LogP contribution is 2.24. The highest BCUT2D eigenvalue weighted by Gasteiger charge is 2.15. The van der Waals surface area contributed by atoms with E-state index in [4.69, 9.17) is 13.9 Å². The van der Waals surface area contributed by atoms with Crippen LogP contribution in [0.4, 0.5) is 0 Å². The first-order valence-corrected chi connectivity index (χ1v) is 6.64. The summed E-state index contributed by atoms with van der Waals surface area (Å²) in [7, 11) is 1.53. The molecule has 0 aliphatic heterocycles. The van der Waals surface area contributed by atoms with Crippen molar-refractivity contribution in [3.63, 3.8) is 0 Å². The molecule has 0 fully saturated rings. The molecule has 2 rings (SSSR count). The van der Waals surface area contributed by atoms with Gasteiger partial charge in [-0.3, -0.25) is 4.79 Å². The first-order chi connectivity index (χ1) is 10.2. The van der Waals surface area contributed by atoms with E-state index in [0.717, 1.165) is 0 Å². The summed E-state index contributed by atoms with van der Waals surface area (Å²) in [5, 5.41) is 3.23. The van der Waals surface area contributed by atoms with Crippen molar-refractivity contribution < 1.29 is 18.7 Å². The highest BCUT2D eigenvalue weighted by atomic mass is 16.5. The van der Waals surface area contributed by atoms with Crippen LogP contribution in [-0.4, -0.2) is 32.8 Å². The molecule has 0 bridgehead atoms. The molecule has 0 atom stereocenters.